The molecule has 2 aromatic heterocycles. The minimum Gasteiger partial charge on any atom is -0.351 e. The van der Waals surface area contributed by atoms with E-state index in [-0.39, 0.29) is 5.78 Å². The number of likely N-dealkylation sites (N-methyl/N-ethyl adjacent to an activating group) is 1. The summed E-state index contributed by atoms with van der Waals surface area (Å²) in [5.74, 6) is 0.103. The molecule has 30 heavy (non-hydrogen) atoms. The first kappa shape index (κ1) is 20.8. The van der Waals surface area contributed by atoms with Crippen LogP contribution < -0.4 is 0 Å². The Labute approximate surface area is 185 Å². The Kier molecular flexibility index (Phi) is 5.78. The molecule has 2 aromatic carbocycles. The number of aromatic nitrogens is 2. The topological polar surface area (TPSA) is 38.1 Å². The third kappa shape index (κ3) is 4.19. The first-order valence-electron chi connectivity index (χ1n) is 9.81. The van der Waals surface area contributed by atoms with Crippen LogP contribution in [0, 0.1) is 13.8 Å². The van der Waals surface area contributed by atoms with Gasteiger partial charge in [0.15, 0.2) is 5.78 Å². The van der Waals surface area contributed by atoms with Crippen LogP contribution in [0.1, 0.15) is 26.5 Å². The predicted molar refractivity (Wildman–Crippen MR) is 126 cm³/mol. The molecule has 0 radical (unpaired) electrons. The van der Waals surface area contributed by atoms with E-state index in [1.165, 1.54) is 27.8 Å². The molecule has 0 spiro atoms. The summed E-state index contributed by atoms with van der Waals surface area (Å²) in [5, 5.41) is 2.79. The molecule has 0 saturated heterocycles. The molecule has 0 N–H and O–H groups in total. The van der Waals surface area contributed by atoms with E-state index in [2.05, 4.69) is 44.9 Å². The van der Waals surface area contributed by atoms with Crippen molar-refractivity contribution < 1.29 is 4.79 Å². The van der Waals surface area contributed by atoms with Crippen LogP contribution in [-0.2, 0) is 13.6 Å². The van der Waals surface area contributed by atoms with Crippen molar-refractivity contribution in [3.63, 3.8) is 0 Å². The number of Topliss-reactive ketones (excluding diaryl/α,β-unsaturated/α-hetero) is 1. The molecule has 0 aliphatic heterocycles. The van der Waals surface area contributed by atoms with E-state index < -0.39 is 0 Å². The van der Waals surface area contributed by atoms with E-state index in [1.807, 2.05) is 46.1 Å². The number of hydrogen-bond donors (Lipinski definition) is 0. The van der Waals surface area contributed by atoms with Crippen molar-refractivity contribution >= 4 is 39.6 Å². The van der Waals surface area contributed by atoms with Gasteiger partial charge in [0.05, 0.1) is 17.1 Å². The summed E-state index contributed by atoms with van der Waals surface area (Å²) in [6.45, 7) is 4.99. The number of aryl methyl sites for hydroxylation is 3. The van der Waals surface area contributed by atoms with E-state index in [4.69, 9.17) is 11.6 Å². The van der Waals surface area contributed by atoms with Crippen LogP contribution in [-0.4, -0.2) is 33.8 Å². The van der Waals surface area contributed by atoms with Gasteiger partial charge in [-0.15, -0.1) is 11.3 Å². The molecule has 4 nitrogen and oxygen atoms in total. The van der Waals surface area contributed by atoms with Crippen LogP contribution in [0.4, 0.5) is 0 Å². The van der Waals surface area contributed by atoms with Gasteiger partial charge in [-0.3, -0.25) is 9.69 Å². The van der Waals surface area contributed by atoms with Crippen molar-refractivity contribution in [2.24, 2.45) is 7.05 Å². The van der Waals surface area contributed by atoms with Crippen LogP contribution in [0.25, 0.3) is 21.5 Å². The zero-order valence-corrected chi connectivity index (χ0v) is 19.1. The molecule has 0 aliphatic carbocycles. The van der Waals surface area contributed by atoms with Gasteiger partial charge in [-0.25, -0.2) is 4.98 Å². The van der Waals surface area contributed by atoms with Gasteiger partial charge >= 0.3 is 0 Å². The van der Waals surface area contributed by atoms with Crippen molar-refractivity contribution in [3.8, 4) is 10.6 Å². The zero-order chi connectivity index (χ0) is 21.4. The molecule has 0 saturated carbocycles. The molecule has 4 rings (SSSR count). The molecule has 2 heterocycles. The maximum Gasteiger partial charge on any atom is 0.188 e. The Hall–Kier alpha value is -2.47. The van der Waals surface area contributed by atoms with Crippen LogP contribution in [0.3, 0.4) is 0 Å². The molecule has 0 aliphatic rings. The van der Waals surface area contributed by atoms with Crippen molar-refractivity contribution in [1.29, 1.82) is 0 Å². The predicted octanol–water partition coefficient (Wildman–Crippen LogP) is 5.89. The number of fused-ring (bicyclic) bond motifs is 1. The average Bonchev–Trinajstić information content (AvgIpc) is 3.24. The summed E-state index contributed by atoms with van der Waals surface area (Å²) in [6, 6.07) is 14.3. The SMILES string of the molecule is Cc1cc(Cl)ccc1-c1nc(C)c(C(=O)CN(C)Cc2ccc3c(ccn3C)c2)s1. The number of rotatable bonds is 6. The van der Waals surface area contributed by atoms with Gasteiger partial charge in [0.2, 0.25) is 0 Å². The third-order valence-corrected chi connectivity index (χ3v) is 6.75. The van der Waals surface area contributed by atoms with E-state index in [1.54, 1.807) is 0 Å². The van der Waals surface area contributed by atoms with Gasteiger partial charge in [0.1, 0.15) is 5.01 Å². The highest BCUT2D eigenvalue weighted by atomic mass is 35.5. The number of carbonyl (C=O) groups is 1. The summed E-state index contributed by atoms with van der Waals surface area (Å²) in [4.78, 5) is 20.4. The number of thiazole rings is 1. The summed E-state index contributed by atoms with van der Waals surface area (Å²) in [5.41, 5.74) is 5.28. The largest absolute Gasteiger partial charge is 0.351 e. The average molecular weight is 438 g/mol. The number of benzene rings is 2. The van der Waals surface area contributed by atoms with Crippen LogP contribution in [0.2, 0.25) is 5.02 Å². The Bertz CT molecular complexity index is 1240. The van der Waals surface area contributed by atoms with Gasteiger partial charge in [-0.2, -0.15) is 0 Å². The molecule has 0 bridgehead atoms. The Morgan fingerprint density at radius 3 is 2.73 bits per heavy atom. The standard InChI is InChI=1S/C24H24ClN3OS/c1-15-11-19(25)6-7-20(15)24-26-16(2)23(30-24)22(29)14-27(3)13-17-5-8-21-18(12-17)9-10-28(21)4/h5-12H,13-14H2,1-4H3. The van der Waals surface area contributed by atoms with E-state index in [0.29, 0.717) is 11.6 Å². The first-order chi connectivity index (χ1) is 14.3. The molecule has 154 valence electrons. The smallest absolute Gasteiger partial charge is 0.188 e. The van der Waals surface area contributed by atoms with Crippen molar-refractivity contribution in [1.82, 2.24) is 14.5 Å². The van der Waals surface area contributed by atoms with Crippen LogP contribution in [0.15, 0.2) is 48.7 Å². The Balaban J connectivity index is 1.48. The Morgan fingerprint density at radius 1 is 1.17 bits per heavy atom. The second-order valence-electron chi connectivity index (χ2n) is 7.81. The molecular formula is C24H24ClN3OS. The fourth-order valence-corrected chi connectivity index (χ4v) is 5.06. The fourth-order valence-electron chi connectivity index (χ4n) is 3.75. The lowest BCUT2D eigenvalue weighted by atomic mass is 10.1. The third-order valence-electron chi connectivity index (χ3n) is 5.28. The lowest BCUT2D eigenvalue weighted by Gasteiger charge is -2.15. The van der Waals surface area contributed by atoms with Gasteiger partial charge in [-0.1, -0.05) is 23.7 Å². The molecule has 0 amide bonds. The molecule has 6 heteroatoms. The normalized spacial score (nSPS) is 11.5. The minimum absolute atomic E-state index is 0.103. The first-order valence-corrected chi connectivity index (χ1v) is 11.0. The van der Waals surface area contributed by atoms with Gasteiger partial charge in [0, 0.05) is 35.9 Å². The maximum absolute atomic E-state index is 13.0. The highest BCUT2D eigenvalue weighted by Gasteiger charge is 2.19. The quantitative estimate of drug-likeness (QED) is 0.353. The summed E-state index contributed by atoms with van der Waals surface area (Å²) < 4.78 is 2.11. The number of carbonyl (C=O) groups excluding carboxylic acids is 1. The van der Waals surface area contributed by atoms with Crippen LogP contribution >= 0.6 is 22.9 Å². The lowest BCUT2D eigenvalue weighted by molar-refractivity contribution is 0.0946. The van der Waals surface area contributed by atoms with E-state index in [9.17, 15) is 4.79 Å². The number of halogens is 1. The number of nitrogens with zero attached hydrogens (tertiary/aromatic N) is 3. The molecule has 4 aromatic rings. The highest BCUT2D eigenvalue weighted by molar-refractivity contribution is 7.17. The maximum atomic E-state index is 13.0. The van der Waals surface area contributed by atoms with Crippen molar-refractivity contribution in [2.75, 3.05) is 13.6 Å². The summed E-state index contributed by atoms with van der Waals surface area (Å²) >= 11 is 7.53. The number of ketones is 1. The zero-order valence-electron chi connectivity index (χ0n) is 17.6. The van der Waals surface area contributed by atoms with Crippen molar-refractivity contribution in [2.45, 2.75) is 20.4 Å². The highest BCUT2D eigenvalue weighted by Crippen LogP contribution is 2.32. The summed E-state index contributed by atoms with van der Waals surface area (Å²) in [6.07, 6.45) is 2.06. The minimum atomic E-state index is 0.103. The molecule has 0 atom stereocenters. The number of hydrogen-bond acceptors (Lipinski definition) is 4. The van der Waals surface area contributed by atoms with Gasteiger partial charge < -0.3 is 4.57 Å². The van der Waals surface area contributed by atoms with E-state index >= 15 is 0 Å². The second-order valence-corrected chi connectivity index (χ2v) is 9.24. The lowest BCUT2D eigenvalue weighted by Crippen LogP contribution is -2.25. The Morgan fingerprint density at radius 2 is 1.97 bits per heavy atom. The monoisotopic (exact) mass is 437 g/mol. The molecule has 0 unspecified atom stereocenters. The van der Waals surface area contributed by atoms with Crippen LogP contribution in [0.5, 0.6) is 0 Å². The molecule has 0 fully saturated rings. The summed E-state index contributed by atoms with van der Waals surface area (Å²) in [7, 11) is 4.03. The second kappa shape index (κ2) is 8.34. The van der Waals surface area contributed by atoms with Gasteiger partial charge in [-0.05, 0) is 67.7 Å². The fraction of sp³-hybridized carbons (Fsp3) is 0.250. The molecular weight excluding hydrogens is 414 g/mol. The van der Waals surface area contributed by atoms with Crippen molar-refractivity contribution in [3.05, 3.63) is 75.4 Å². The van der Waals surface area contributed by atoms with Gasteiger partial charge in [0.25, 0.3) is 0 Å². The van der Waals surface area contributed by atoms with E-state index in [0.717, 1.165) is 33.3 Å².